The second-order valence-corrected chi connectivity index (χ2v) is 5.65. The van der Waals surface area contributed by atoms with Crippen molar-refractivity contribution in [3.05, 3.63) is 21.8 Å². The largest absolute Gasteiger partial charge is 0.274 e. The molecule has 16 heavy (non-hydrogen) atoms. The third-order valence-corrected chi connectivity index (χ3v) is 3.94. The van der Waals surface area contributed by atoms with Gasteiger partial charge in [0.2, 0.25) is 11.8 Å². The fourth-order valence-corrected chi connectivity index (χ4v) is 3.30. The van der Waals surface area contributed by atoms with Gasteiger partial charge >= 0.3 is 0 Å². The fraction of sp³-hybridized carbons (Fsp3) is 0.500. The van der Waals surface area contributed by atoms with Crippen LogP contribution < -0.4 is 0 Å². The van der Waals surface area contributed by atoms with Crippen LogP contribution >= 0.6 is 15.9 Å². The summed E-state index contributed by atoms with van der Waals surface area (Å²) in [5, 5.41) is 0. The Morgan fingerprint density at radius 3 is 2.69 bits per heavy atom. The second kappa shape index (κ2) is 3.55. The Balaban J connectivity index is 2.64. The monoisotopic (exact) mass is 283 g/mol. The molecule has 3 nitrogen and oxygen atoms in total. The lowest BCUT2D eigenvalue weighted by molar-refractivity contribution is -0.142. The van der Waals surface area contributed by atoms with Crippen LogP contribution in [0.3, 0.4) is 0 Å². The van der Waals surface area contributed by atoms with Crippen LogP contribution in [-0.4, -0.2) is 16.7 Å². The van der Waals surface area contributed by atoms with Crippen molar-refractivity contribution < 1.29 is 9.59 Å². The van der Waals surface area contributed by atoms with Gasteiger partial charge in [-0.15, -0.1) is 0 Å². The third-order valence-electron chi connectivity index (χ3n) is 3.15. The van der Waals surface area contributed by atoms with E-state index in [1.807, 2.05) is 19.9 Å². The Bertz CT molecular complexity index is 446. The predicted molar refractivity (Wildman–Crippen MR) is 64.6 cm³/mol. The molecule has 0 aromatic rings. The van der Waals surface area contributed by atoms with E-state index in [9.17, 15) is 9.59 Å². The van der Waals surface area contributed by atoms with Gasteiger partial charge < -0.3 is 0 Å². The van der Waals surface area contributed by atoms with Crippen molar-refractivity contribution in [1.82, 2.24) is 4.90 Å². The van der Waals surface area contributed by atoms with Gasteiger partial charge in [0.15, 0.2) is 0 Å². The van der Waals surface area contributed by atoms with E-state index in [1.165, 1.54) is 11.8 Å². The first-order valence-corrected chi connectivity index (χ1v) is 6.11. The van der Waals surface area contributed by atoms with Crippen molar-refractivity contribution in [2.45, 2.75) is 33.6 Å². The third kappa shape index (κ3) is 1.39. The zero-order valence-electron chi connectivity index (χ0n) is 9.63. The summed E-state index contributed by atoms with van der Waals surface area (Å²) in [6.07, 6.45) is 3.75. The molecule has 4 heteroatoms. The molecule has 2 amide bonds. The molecule has 2 aliphatic rings. The van der Waals surface area contributed by atoms with Gasteiger partial charge in [0.1, 0.15) is 0 Å². The number of likely N-dealkylation sites (tertiary alicyclic amines) is 1. The number of imide groups is 1. The van der Waals surface area contributed by atoms with Gasteiger partial charge in [-0.05, 0) is 26.7 Å². The quantitative estimate of drug-likeness (QED) is 0.686. The number of hydrogen-bond donors (Lipinski definition) is 0. The summed E-state index contributed by atoms with van der Waals surface area (Å²) < 4.78 is 1.05. The lowest BCUT2D eigenvalue weighted by Crippen LogP contribution is -2.33. The highest BCUT2D eigenvalue weighted by molar-refractivity contribution is 9.11. The van der Waals surface area contributed by atoms with Gasteiger partial charge in [-0.2, -0.15) is 0 Å². The number of rotatable bonds is 0. The first-order chi connectivity index (χ1) is 7.37. The molecule has 1 heterocycles. The summed E-state index contributed by atoms with van der Waals surface area (Å²) in [7, 11) is 0. The zero-order chi connectivity index (χ0) is 12.1. The highest BCUT2D eigenvalue weighted by Crippen LogP contribution is 2.48. The number of allylic oxidation sites excluding steroid dienone is 3. The average Bonchev–Trinajstić information content (AvgIpc) is 2.36. The number of amides is 2. The maximum Gasteiger partial charge on any atom is 0.243 e. The first kappa shape index (κ1) is 11.6. The average molecular weight is 284 g/mol. The van der Waals surface area contributed by atoms with Crippen LogP contribution in [0.15, 0.2) is 21.8 Å². The van der Waals surface area contributed by atoms with Crippen molar-refractivity contribution in [3.8, 4) is 0 Å². The molecule has 0 radical (unpaired) electrons. The Hall–Kier alpha value is -0.900. The van der Waals surface area contributed by atoms with Gasteiger partial charge in [-0.3, -0.25) is 14.5 Å². The fourth-order valence-electron chi connectivity index (χ4n) is 2.37. The summed E-state index contributed by atoms with van der Waals surface area (Å²) in [6.45, 7) is 5.17. The predicted octanol–water partition coefficient (Wildman–Crippen LogP) is 2.73. The standard InChI is InChI=1S/C12H14BrNO2/c1-7(15)14-9-6-4-5-8(13)10(9)12(2,3)11(14)16/h6H,4-5H2,1-3H3. The molecule has 86 valence electrons. The van der Waals surface area contributed by atoms with Crippen LogP contribution in [0.5, 0.6) is 0 Å². The van der Waals surface area contributed by atoms with Crippen LogP contribution in [-0.2, 0) is 9.59 Å². The van der Waals surface area contributed by atoms with E-state index in [-0.39, 0.29) is 11.8 Å². The molecule has 1 fully saturated rings. The van der Waals surface area contributed by atoms with E-state index in [0.29, 0.717) is 0 Å². The molecule has 2 rings (SSSR count). The Kier molecular flexibility index (Phi) is 2.57. The lowest BCUT2D eigenvalue weighted by atomic mass is 9.83. The number of halogens is 1. The molecule has 0 atom stereocenters. The molecule has 0 N–H and O–H groups in total. The molecule has 0 bridgehead atoms. The van der Waals surface area contributed by atoms with E-state index < -0.39 is 5.41 Å². The van der Waals surface area contributed by atoms with Crippen LogP contribution in [0.1, 0.15) is 33.6 Å². The van der Waals surface area contributed by atoms with Gasteiger partial charge in [0, 0.05) is 17.0 Å². The van der Waals surface area contributed by atoms with Crippen molar-refractivity contribution in [3.63, 3.8) is 0 Å². The lowest BCUT2D eigenvalue weighted by Gasteiger charge is -2.20. The van der Waals surface area contributed by atoms with Crippen LogP contribution in [0, 0.1) is 5.41 Å². The Morgan fingerprint density at radius 2 is 2.12 bits per heavy atom. The van der Waals surface area contributed by atoms with E-state index in [1.54, 1.807) is 0 Å². The normalized spacial score (nSPS) is 23.4. The minimum Gasteiger partial charge on any atom is -0.274 e. The molecule has 0 saturated carbocycles. The summed E-state index contributed by atoms with van der Waals surface area (Å²) in [5.41, 5.74) is 1.15. The number of fused-ring (bicyclic) bond motifs is 1. The van der Waals surface area contributed by atoms with Crippen molar-refractivity contribution in [1.29, 1.82) is 0 Å². The van der Waals surface area contributed by atoms with E-state index in [4.69, 9.17) is 0 Å². The Morgan fingerprint density at radius 1 is 1.50 bits per heavy atom. The minimum atomic E-state index is -0.600. The smallest absolute Gasteiger partial charge is 0.243 e. The van der Waals surface area contributed by atoms with E-state index in [0.717, 1.165) is 28.6 Å². The molecule has 0 spiro atoms. The highest BCUT2D eigenvalue weighted by atomic mass is 79.9. The van der Waals surface area contributed by atoms with Crippen molar-refractivity contribution >= 4 is 27.7 Å². The number of hydrogen-bond acceptors (Lipinski definition) is 2. The maximum absolute atomic E-state index is 12.2. The van der Waals surface area contributed by atoms with Gasteiger partial charge in [0.05, 0.1) is 11.1 Å². The van der Waals surface area contributed by atoms with Gasteiger partial charge in [-0.1, -0.05) is 22.0 Å². The topological polar surface area (TPSA) is 37.4 Å². The van der Waals surface area contributed by atoms with Gasteiger partial charge in [0.25, 0.3) is 0 Å². The van der Waals surface area contributed by atoms with E-state index >= 15 is 0 Å². The maximum atomic E-state index is 12.2. The summed E-state index contributed by atoms with van der Waals surface area (Å²) in [5.74, 6) is -0.332. The Labute approximate surface area is 103 Å². The molecule has 1 saturated heterocycles. The molecule has 0 aromatic heterocycles. The summed E-state index contributed by atoms with van der Waals surface area (Å²) >= 11 is 3.52. The van der Waals surface area contributed by atoms with Crippen LogP contribution in [0.4, 0.5) is 0 Å². The summed E-state index contributed by atoms with van der Waals surface area (Å²) in [4.78, 5) is 25.0. The van der Waals surface area contributed by atoms with Crippen molar-refractivity contribution in [2.24, 2.45) is 5.41 Å². The molecule has 1 aliphatic carbocycles. The van der Waals surface area contributed by atoms with Crippen molar-refractivity contribution in [2.75, 3.05) is 0 Å². The number of nitrogens with zero attached hydrogens (tertiary/aromatic N) is 1. The van der Waals surface area contributed by atoms with E-state index in [2.05, 4.69) is 15.9 Å². The molecular weight excluding hydrogens is 270 g/mol. The van der Waals surface area contributed by atoms with Gasteiger partial charge in [-0.25, -0.2) is 0 Å². The van der Waals surface area contributed by atoms with Crippen LogP contribution in [0.2, 0.25) is 0 Å². The minimum absolute atomic E-state index is 0.125. The number of carbonyl (C=O) groups excluding carboxylic acids is 2. The molecule has 0 unspecified atom stereocenters. The molecule has 0 aromatic carbocycles. The number of carbonyl (C=O) groups is 2. The SMILES string of the molecule is CC(=O)N1C(=O)C(C)(C)C2=C(Br)CCC=C21. The first-order valence-electron chi connectivity index (χ1n) is 5.32. The molecule has 1 aliphatic heterocycles. The second-order valence-electron chi connectivity index (χ2n) is 4.69. The summed E-state index contributed by atoms with van der Waals surface area (Å²) in [6, 6.07) is 0. The zero-order valence-corrected chi connectivity index (χ0v) is 11.2. The highest BCUT2D eigenvalue weighted by Gasteiger charge is 2.49. The van der Waals surface area contributed by atoms with Crippen LogP contribution in [0.25, 0.3) is 0 Å². The molecular formula is C12H14BrNO2.